The van der Waals surface area contributed by atoms with Crippen molar-refractivity contribution in [2.24, 2.45) is 0 Å². The highest BCUT2D eigenvalue weighted by atomic mass is 16.2. The first-order chi connectivity index (χ1) is 13.3. The fourth-order valence-electron chi connectivity index (χ4n) is 4.19. The van der Waals surface area contributed by atoms with Crippen LogP contribution >= 0.6 is 0 Å². The summed E-state index contributed by atoms with van der Waals surface area (Å²) in [6, 6.07) is 20.6. The number of aromatic nitrogens is 1. The number of para-hydroxylation sites is 2. The number of anilines is 3. The summed E-state index contributed by atoms with van der Waals surface area (Å²) in [5, 5.41) is 0. The summed E-state index contributed by atoms with van der Waals surface area (Å²) in [6.45, 7) is 1.68. The van der Waals surface area contributed by atoms with Crippen molar-refractivity contribution < 1.29 is 4.79 Å². The average Bonchev–Trinajstić information content (AvgIpc) is 3.17. The van der Waals surface area contributed by atoms with Gasteiger partial charge in [0.05, 0.1) is 0 Å². The molecule has 0 fully saturated rings. The zero-order chi connectivity index (χ0) is 18.2. The molecule has 3 heterocycles. The molecule has 4 nitrogen and oxygen atoms in total. The van der Waals surface area contributed by atoms with Gasteiger partial charge in [0.1, 0.15) is 5.69 Å². The molecule has 1 aromatic heterocycles. The predicted molar refractivity (Wildman–Crippen MR) is 108 cm³/mol. The Morgan fingerprint density at radius 1 is 0.852 bits per heavy atom. The lowest BCUT2D eigenvalue weighted by Gasteiger charge is -2.31. The van der Waals surface area contributed by atoms with Crippen LogP contribution in [0.3, 0.4) is 0 Å². The molecule has 0 unspecified atom stereocenters. The first kappa shape index (κ1) is 16.1. The molecule has 0 aliphatic carbocycles. The van der Waals surface area contributed by atoms with Crippen LogP contribution in [0.2, 0.25) is 0 Å². The summed E-state index contributed by atoms with van der Waals surface area (Å²) >= 11 is 0. The number of hydrogen-bond acceptors (Lipinski definition) is 3. The summed E-state index contributed by atoms with van der Waals surface area (Å²) in [6.07, 6.45) is 4.87. The third-order valence-electron chi connectivity index (χ3n) is 5.52. The summed E-state index contributed by atoms with van der Waals surface area (Å²) in [7, 11) is 0. The smallest absolute Gasteiger partial charge is 0.276 e. The zero-order valence-electron chi connectivity index (χ0n) is 15.1. The van der Waals surface area contributed by atoms with Gasteiger partial charge in [-0.3, -0.25) is 9.78 Å². The molecule has 0 saturated heterocycles. The van der Waals surface area contributed by atoms with Crippen LogP contribution in [0.5, 0.6) is 0 Å². The lowest BCUT2D eigenvalue weighted by molar-refractivity contribution is 0.0984. The number of nitrogens with zero attached hydrogens (tertiary/aromatic N) is 3. The molecule has 2 aliphatic rings. The van der Waals surface area contributed by atoms with E-state index in [1.165, 1.54) is 16.8 Å². The van der Waals surface area contributed by atoms with Gasteiger partial charge >= 0.3 is 0 Å². The number of pyridine rings is 1. The maximum atomic E-state index is 13.1. The van der Waals surface area contributed by atoms with E-state index in [2.05, 4.69) is 40.2 Å². The molecule has 2 aromatic carbocycles. The van der Waals surface area contributed by atoms with E-state index in [9.17, 15) is 4.79 Å². The Balaban J connectivity index is 1.48. The second-order valence-electron chi connectivity index (χ2n) is 7.12. The van der Waals surface area contributed by atoms with Crippen LogP contribution in [0, 0.1) is 0 Å². The molecule has 0 saturated carbocycles. The zero-order valence-corrected chi connectivity index (χ0v) is 15.1. The van der Waals surface area contributed by atoms with Gasteiger partial charge in [-0.1, -0.05) is 36.4 Å². The number of fused-ring (bicyclic) bond motifs is 2. The van der Waals surface area contributed by atoms with Gasteiger partial charge < -0.3 is 9.80 Å². The highest BCUT2D eigenvalue weighted by molar-refractivity contribution is 6.06. The second-order valence-corrected chi connectivity index (χ2v) is 7.12. The number of carbonyl (C=O) groups is 1. The molecule has 0 bridgehead atoms. The van der Waals surface area contributed by atoms with Crippen LogP contribution in [0.25, 0.3) is 0 Å². The summed E-state index contributed by atoms with van der Waals surface area (Å²) < 4.78 is 0. The van der Waals surface area contributed by atoms with Gasteiger partial charge in [-0.05, 0) is 54.7 Å². The van der Waals surface area contributed by atoms with Gasteiger partial charge in [-0.2, -0.15) is 0 Å². The van der Waals surface area contributed by atoms with Gasteiger partial charge in [0.2, 0.25) is 0 Å². The van der Waals surface area contributed by atoms with Gasteiger partial charge in [0.25, 0.3) is 5.91 Å². The Hall–Kier alpha value is -3.14. The molecule has 4 heteroatoms. The van der Waals surface area contributed by atoms with Crippen molar-refractivity contribution in [2.45, 2.75) is 19.3 Å². The van der Waals surface area contributed by atoms with Gasteiger partial charge in [0.15, 0.2) is 0 Å². The van der Waals surface area contributed by atoms with Crippen LogP contribution < -0.4 is 9.80 Å². The quantitative estimate of drug-likeness (QED) is 0.685. The molecule has 27 heavy (non-hydrogen) atoms. The van der Waals surface area contributed by atoms with E-state index < -0.39 is 0 Å². The molecule has 2 aliphatic heterocycles. The summed E-state index contributed by atoms with van der Waals surface area (Å²) in [5.74, 6) is -0.0212. The van der Waals surface area contributed by atoms with Crippen molar-refractivity contribution in [3.05, 3.63) is 83.7 Å². The first-order valence-electron chi connectivity index (χ1n) is 9.52. The van der Waals surface area contributed by atoms with Gasteiger partial charge in [0, 0.05) is 36.3 Å². The van der Waals surface area contributed by atoms with Crippen LogP contribution in [-0.4, -0.2) is 24.0 Å². The minimum atomic E-state index is -0.0212. The highest BCUT2D eigenvalue weighted by Crippen LogP contribution is 2.34. The third kappa shape index (κ3) is 2.78. The number of benzene rings is 2. The maximum Gasteiger partial charge on any atom is 0.276 e. The van der Waals surface area contributed by atoms with Crippen molar-refractivity contribution in [1.29, 1.82) is 0 Å². The van der Waals surface area contributed by atoms with E-state index in [0.29, 0.717) is 5.69 Å². The average molecular weight is 355 g/mol. The fraction of sp³-hybridized carbons (Fsp3) is 0.217. The molecule has 0 atom stereocenters. The Morgan fingerprint density at radius 3 is 2.44 bits per heavy atom. The van der Waals surface area contributed by atoms with Crippen molar-refractivity contribution in [1.82, 2.24) is 4.98 Å². The van der Waals surface area contributed by atoms with Crippen molar-refractivity contribution in [2.75, 3.05) is 22.9 Å². The van der Waals surface area contributed by atoms with E-state index in [1.54, 1.807) is 6.20 Å². The Bertz CT molecular complexity index is 1010. The van der Waals surface area contributed by atoms with Crippen molar-refractivity contribution >= 4 is 23.0 Å². The molecule has 1 amide bonds. The molecule has 3 aromatic rings. The predicted octanol–water partition coefficient (Wildman–Crippen LogP) is 4.37. The molecule has 5 rings (SSSR count). The summed E-state index contributed by atoms with van der Waals surface area (Å²) in [4.78, 5) is 21.7. The molecule has 0 spiro atoms. The summed E-state index contributed by atoms with van der Waals surface area (Å²) in [5.41, 5.74) is 6.38. The molecule has 134 valence electrons. The topological polar surface area (TPSA) is 36.4 Å². The van der Waals surface area contributed by atoms with E-state index in [4.69, 9.17) is 0 Å². The molecule has 0 radical (unpaired) electrons. The largest absolute Gasteiger partial charge is 0.341 e. The lowest BCUT2D eigenvalue weighted by atomic mass is 10.0. The lowest BCUT2D eigenvalue weighted by Crippen LogP contribution is -2.30. The standard InChI is InChI=1S/C23H21N3O/c27-23(26-15-12-18-7-2-4-10-22(18)26)20-16-19(11-13-24-20)25-14-5-8-17-6-1-3-9-21(17)25/h1-4,6-7,9-11,13,16H,5,8,12,14-15H2. The van der Waals surface area contributed by atoms with Crippen LogP contribution in [0.4, 0.5) is 17.1 Å². The second kappa shape index (κ2) is 6.54. The Morgan fingerprint density at radius 2 is 1.59 bits per heavy atom. The normalized spacial score (nSPS) is 15.4. The van der Waals surface area contributed by atoms with Crippen LogP contribution in [0.1, 0.15) is 28.0 Å². The monoisotopic (exact) mass is 355 g/mol. The number of carbonyl (C=O) groups excluding carboxylic acids is 1. The Kier molecular flexibility index (Phi) is 3.89. The Labute approximate surface area is 159 Å². The number of aryl methyl sites for hydroxylation is 1. The fourth-order valence-corrected chi connectivity index (χ4v) is 4.19. The first-order valence-corrected chi connectivity index (χ1v) is 9.52. The SMILES string of the molecule is O=C(c1cc(N2CCCc3ccccc32)ccn1)N1CCc2ccccc21. The van der Waals surface area contributed by atoms with E-state index in [-0.39, 0.29) is 5.91 Å². The van der Waals surface area contributed by atoms with Gasteiger partial charge in [-0.15, -0.1) is 0 Å². The number of hydrogen-bond donors (Lipinski definition) is 0. The highest BCUT2D eigenvalue weighted by Gasteiger charge is 2.27. The maximum absolute atomic E-state index is 13.1. The van der Waals surface area contributed by atoms with Crippen molar-refractivity contribution in [3.8, 4) is 0 Å². The third-order valence-corrected chi connectivity index (χ3v) is 5.52. The minimum Gasteiger partial charge on any atom is -0.341 e. The minimum absolute atomic E-state index is 0.0212. The molecule has 0 N–H and O–H groups in total. The van der Waals surface area contributed by atoms with E-state index in [1.807, 2.05) is 35.2 Å². The van der Waals surface area contributed by atoms with E-state index >= 15 is 0 Å². The van der Waals surface area contributed by atoms with Crippen LogP contribution in [-0.2, 0) is 12.8 Å². The molecular weight excluding hydrogens is 334 g/mol. The van der Waals surface area contributed by atoms with Gasteiger partial charge in [-0.25, -0.2) is 0 Å². The number of rotatable bonds is 2. The van der Waals surface area contributed by atoms with E-state index in [0.717, 1.165) is 43.7 Å². The van der Waals surface area contributed by atoms with Crippen molar-refractivity contribution in [3.63, 3.8) is 0 Å². The molecular formula is C23H21N3O. The van der Waals surface area contributed by atoms with Crippen LogP contribution in [0.15, 0.2) is 66.9 Å². The number of amides is 1.